The number of anilines is 2. The van der Waals surface area contributed by atoms with Crippen LogP contribution in [0.2, 0.25) is 0 Å². The van der Waals surface area contributed by atoms with Gasteiger partial charge in [-0.2, -0.15) is 0 Å². The summed E-state index contributed by atoms with van der Waals surface area (Å²) in [6.07, 6.45) is 0. The molecule has 0 bridgehead atoms. The van der Waals surface area contributed by atoms with E-state index >= 15 is 0 Å². The van der Waals surface area contributed by atoms with E-state index < -0.39 is 11.5 Å². The second-order valence-corrected chi connectivity index (χ2v) is 7.57. The van der Waals surface area contributed by atoms with Crippen LogP contribution < -0.4 is 19.7 Å². The van der Waals surface area contributed by atoms with Crippen LogP contribution in [0.15, 0.2) is 42.5 Å². The number of methoxy groups -OCH3 is 1. The highest BCUT2D eigenvalue weighted by molar-refractivity contribution is 6.15. The molecule has 29 heavy (non-hydrogen) atoms. The van der Waals surface area contributed by atoms with Gasteiger partial charge < -0.3 is 24.6 Å². The Bertz CT molecular complexity index is 936. The first kappa shape index (κ1) is 19.1. The fraction of sp³-hybridized carbons (Fsp3) is 0.364. The van der Waals surface area contributed by atoms with E-state index in [1.165, 1.54) is 0 Å². The van der Waals surface area contributed by atoms with Crippen molar-refractivity contribution in [1.82, 2.24) is 4.90 Å². The molecule has 2 aliphatic rings. The molecule has 152 valence electrons. The smallest absolute Gasteiger partial charge is 0.278 e. The number of nitrogens with one attached hydrogen (secondary N) is 1. The summed E-state index contributed by atoms with van der Waals surface area (Å²) in [7, 11) is 1.64. The first-order valence-electron chi connectivity index (χ1n) is 9.70. The molecule has 0 aromatic heterocycles. The maximum Gasteiger partial charge on any atom is 0.278 e. The number of hydrogen-bond acceptors (Lipinski definition) is 5. The molecular weight excluding hydrogens is 370 g/mol. The highest BCUT2D eigenvalue weighted by Crippen LogP contribution is 2.35. The Morgan fingerprint density at radius 1 is 1.10 bits per heavy atom. The second-order valence-electron chi connectivity index (χ2n) is 7.57. The minimum Gasteiger partial charge on any atom is -0.497 e. The van der Waals surface area contributed by atoms with E-state index in [9.17, 15) is 9.59 Å². The number of hydrogen-bond donors (Lipinski definition) is 1. The van der Waals surface area contributed by atoms with Crippen LogP contribution >= 0.6 is 0 Å². The number of rotatable bonds is 3. The zero-order chi connectivity index (χ0) is 20.6. The summed E-state index contributed by atoms with van der Waals surface area (Å²) in [5.74, 6) is 0.586. The zero-order valence-corrected chi connectivity index (χ0v) is 16.9. The quantitative estimate of drug-likeness (QED) is 0.809. The molecule has 7 nitrogen and oxygen atoms in total. The van der Waals surface area contributed by atoms with Crippen LogP contribution in [0.1, 0.15) is 12.5 Å². The molecule has 1 unspecified atom stereocenters. The first-order valence-corrected chi connectivity index (χ1v) is 9.70. The number of aryl methyl sites for hydroxylation is 1. The van der Waals surface area contributed by atoms with Crippen LogP contribution in [0.4, 0.5) is 11.4 Å². The normalized spacial score (nSPS) is 21.1. The van der Waals surface area contributed by atoms with Crippen LogP contribution in [0.5, 0.6) is 11.5 Å². The van der Waals surface area contributed by atoms with Crippen LogP contribution in [-0.2, 0) is 9.59 Å². The predicted octanol–water partition coefficient (Wildman–Crippen LogP) is 2.44. The molecule has 0 saturated carbocycles. The molecule has 7 heteroatoms. The lowest BCUT2D eigenvalue weighted by atomic mass is 9.99. The number of carbonyl (C=O) groups is 2. The second kappa shape index (κ2) is 7.31. The van der Waals surface area contributed by atoms with Gasteiger partial charge in [0.25, 0.3) is 17.4 Å². The number of nitrogens with zero attached hydrogens (tertiary/aromatic N) is 2. The molecule has 2 aromatic carbocycles. The Morgan fingerprint density at radius 2 is 1.79 bits per heavy atom. The van der Waals surface area contributed by atoms with Crippen molar-refractivity contribution in [2.75, 3.05) is 43.5 Å². The highest BCUT2D eigenvalue weighted by Gasteiger charge is 2.49. The van der Waals surface area contributed by atoms with Crippen molar-refractivity contribution in [3.8, 4) is 11.5 Å². The van der Waals surface area contributed by atoms with Crippen LogP contribution in [0, 0.1) is 6.92 Å². The van der Waals surface area contributed by atoms with Gasteiger partial charge in [0.1, 0.15) is 11.5 Å². The molecule has 2 aromatic rings. The summed E-state index contributed by atoms with van der Waals surface area (Å²) >= 11 is 0. The predicted molar refractivity (Wildman–Crippen MR) is 111 cm³/mol. The standard InChI is InChI=1S/C22H25N3O4/c1-15-4-9-19-18(14-15)23-20(26)22(2,29-19)21(27)25-12-10-24(11-13-25)16-5-7-17(28-3)8-6-16/h4-9,14H,10-13H2,1-3H3,(H,23,26). The van der Waals surface area contributed by atoms with E-state index in [0.29, 0.717) is 37.6 Å². The van der Waals surface area contributed by atoms with Gasteiger partial charge in [-0.1, -0.05) is 6.07 Å². The van der Waals surface area contributed by atoms with E-state index in [-0.39, 0.29) is 5.91 Å². The monoisotopic (exact) mass is 395 g/mol. The SMILES string of the molecule is COc1ccc(N2CCN(C(=O)C3(C)Oc4ccc(C)cc4NC3=O)CC2)cc1. The molecule has 0 spiro atoms. The third-order valence-electron chi connectivity index (χ3n) is 5.54. The number of ether oxygens (including phenoxy) is 2. The maximum absolute atomic E-state index is 13.2. The van der Waals surface area contributed by atoms with E-state index in [4.69, 9.17) is 9.47 Å². The molecular formula is C22H25N3O4. The Labute approximate surface area is 170 Å². The van der Waals surface area contributed by atoms with E-state index in [1.807, 2.05) is 43.3 Å². The molecule has 0 aliphatic carbocycles. The molecule has 2 heterocycles. The minimum absolute atomic E-state index is 0.310. The molecule has 2 aliphatic heterocycles. The number of benzene rings is 2. The maximum atomic E-state index is 13.2. The van der Waals surface area contributed by atoms with Crippen molar-refractivity contribution in [1.29, 1.82) is 0 Å². The van der Waals surface area contributed by atoms with Gasteiger partial charge >= 0.3 is 0 Å². The lowest BCUT2D eigenvalue weighted by Crippen LogP contribution is -2.62. The van der Waals surface area contributed by atoms with E-state index in [1.54, 1.807) is 25.0 Å². The van der Waals surface area contributed by atoms with Crippen molar-refractivity contribution in [2.24, 2.45) is 0 Å². The summed E-state index contributed by atoms with van der Waals surface area (Å²) in [4.78, 5) is 29.8. The average molecular weight is 395 g/mol. The lowest BCUT2D eigenvalue weighted by molar-refractivity contribution is -0.154. The number of amides is 2. The van der Waals surface area contributed by atoms with Gasteiger partial charge in [-0.3, -0.25) is 9.59 Å². The summed E-state index contributed by atoms with van der Waals surface area (Å²) in [6, 6.07) is 13.4. The molecule has 2 amide bonds. The van der Waals surface area contributed by atoms with Crippen LogP contribution in [0.3, 0.4) is 0 Å². The first-order chi connectivity index (χ1) is 13.9. The van der Waals surface area contributed by atoms with Gasteiger partial charge in [-0.25, -0.2) is 0 Å². The number of fused-ring (bicyclic) bond motifs is 1. The fourth-order valence-electron chi connectivity index (χ4n) is 3.74. The van der Waals surface area contributed by atoms with Gasteiger partial charge in [0.2, 0.25) is 0 Å². The molecule has 1 fully saturated rings. The van der Waals surface area contributed by atoms with Crippen molar-refractivity contribution >= 4 is 23.2 Å². The molecule has 0 radical (unpaired) electrons. The molecule has 1 N–H and O–H groups in total. The van der Waals surface area contributed by atoms with Crippen molar-refractivity contribution in [3.05, 3.63) is 48.0 Å². The Hall–Kier alpha value is -3.22. The van der Waals surface area contributed by atoms with Gasteiger partial charge in [-0.05, 0) is 55.8 Å². The topological polar surface area (TPSA) is 71.1 Å². The molecule has 1 atom stereocenters. The molecule has 4 rings (SSSR count). The summed E-state index contributed by atoms with van der Waals surface area (Å²) in [6.45, 7) is 5.91. The van der Waals surface area contributed by atoms with Crippen LogP contribution in [0.25, 0.3) is 0 Å². The number of carbonyl (C=O) groups excluding carboxylic acids is 2. The van der Waals surface area contributed by atoms with Crippen molar-refractivity contribution in [3.63, 3.8) is 0 Å². The fourth-order valence-corrected chi connectivity index (χ4v) is 3.74. The van der Waals surface area contributed by atoms with Crippen LogP contribution in [-0.4, -0.2) is 55.6 Å². The zero-order valence-electron chi connectivity index (χ0n) is 16.9. The van der Waals surface area contributed by atoms with E-state index in [0.717, 1.165) is 17.0 Å². The Kier molecular flexibility index (Phi) is 4.82. The number of piperazine rings is 1. The van der Waals surface area contributed by atoms with E-state index in [2.05, 4.69) is 10.2 Å². The van der Waals surface area contributed by atoms with Crippen molar-refractivity contribution in [2.45, 2.75) is 19.4 Å². The summed E-state index contributed by atoms with van der Waals surface area (Å²) in [5.41, 5.74) is 1.13. The third kappa shape index (κ3) is 3.48. The third-order valence-corrected chi connectivity index (χ3v) is 5.54. The molecule has 1 saturated heterocycles. The largest absolute Gasteiger partial charge is 0.497 e. The Balaban J connectivity index is 1.45. The van der Waals surface area contributed by atoms with Gasteiger partial charge in [0.05, 0.1) is 12.8 Å². The van der Waals surface area contributed by atoms with Gasteiger partial charge in [-0.15, -0.1) is 0 Å². The lowest BCUT2D eigenvalue weighted by Gasteiger charge is -2.41. The summed E-state index contributed by atoms with van der Waals surface area (Å²) in [5, 5.41) is 2.82. The minimum atomic E-state index is -1.56. The highest BCUT2D eigenvalue weighted by atomic mass is 16.5. The summed E-state index contributed by atoms with van der Waals surface area (Å²) < 4.78 is 11.1. The van der Waals surface area contributed by atoms with Gasteiger partial charge in [0.15, 0.2) is 0 Å². The van der Waals surface area contributed by atoms with Crippen molar-refractivity contribution < 1.29 is 19.1 Å². The Morgan fingerprint density at radius 3 is 2.45 bits per heavy atom. The average Bonchev–Trinajstić information content (AvgIpc) is 2.74. The van der Waals surface area contributed by atoms with Gasteiger partial charge in [0, 0.05) is 31.9 Å².